The number of carbonyl (C=O) groups excluding carboxylic acids is 1. The maximum absolute atomic E-state index is 10.8. The Labute approximate surface area is 95.5 Å². The minimum atomic E-state index is -0.426. The molecule has 1 amide bonds. The van der Waals surface area contributed by atoms with Gasteiger partial charge in [-0.1, -0.05) is 18.2 Å². The molecule has 3 nitrogen and oxygen atoms in total. The number of hydrogen-bond acceptors (Lipinski definition) is 2. The number of benzene rings is 1. The molecule has 1 aliphatic rings. The molecule has 1 aliphatic carbocycles. The predicted molar refractivity (Wildman–Crippen MR) is 62.3 cm³/mol. The first-order chi connectivity index (χ1) is 7.79. The average molecular weight is 219 g/mol. The van der Waals surface area contributed by atoms with Crippen LogP contribution in [0.3, 0.4) is 0 Å². The maximum Gasteiger partial charge on any atom is 0.245 e. The minimum Gasteiger partial charge on any atom is -0.387 e. The van der Waals surface area contributed by atoms with Crippen LogP contribution in [0.1, 0.15) is 23.1 Å². The second-order valence-corrected chi connectivity index (χ2v) is 4.21. The molecule has 0 radical (unpaired) electrons. The number of fused-ring (bicyclic) bond motifs is 1. The molecule has 0 saturated heterocycles. The van der Waals surface area contributed by atoms with Crippen LogP contribution in [0.4, 0.5) is 0 Å². The van der Waals surface area contributed by atoms with Crippen LogP contribution in [0, 0.1) is 0 Å². The zero-order valence-corrected chi connectivity index (χ0v) is 9.33. The topological polar surface area (TPSA) is 49.3 Å². The lowest BCUT2D eigenvalue weighted by atomic mass is 10.0. The van der Waals surface area contributed by atoms with Crippen LogP contribution in [0.15, 0.2) is 18.2 Å². The summed E-state index contributed by atoms with van der Waals surface area (Å²) in [5.41, 5.74) is 4.20. The Morgan fingerprint density at radius 2 is 2.12 bits per heavy atom. The lowest BCUT2D eigenvalue weighted by Gasteiger charge is -2.06. The van der Waals surface area contributed by atoms with Crippen molar-refractivity contribution in [1.82, 2.24) is 5.32 Å². The third-order valence-electron chi connectivity index (χ3n) is 3.04. The molecule has 16 heavy (non-hydrogen) atoms. The number of aliphatic hydroxyl groups excluding tert-OH is 1. The fourth-order valence-corrected chi connectivity index (χ4v) is 2.18. The number of aliphatic hydroxyl groups is 1. The Bertz CT molecular complexity index is 388. The van der Waals surface area contributed by atoms with Crippen molar-refractivity contribution in [3.05, 3.63) is 34.9 Å². The van der Waals surface area contributed by atoms with E-state index in [1.807, 2.05) is 0 Å². The van der Waals surface area contributed by atoms with Gasteiger partial charge in [-0.15, -0.1) is 0 Å². The monoisotopic (exact) mass is 219 g/mol. The van der Waals surface area contributed by atoms with Gasteiger partial charge in [-0.2, -0.15) is 0 Å². The van der Waals surface area contributed by atoms with Crippen LogP contribution in [0.5, 0.6) is 0 Å². The second-order valence-electron chi connectivity index (χ2n) is 4.21. The van der Waals surface area contributed by atoms with Crippen molar-refractivity contribution in [3.8, 4) is 0 Å². The van der Waals surface area contributed by atoms with Crippen LogP contribution in [0.2, 0.25) is 0 Å². The van der Waals surface area contributed by atoms with Gasteiger partial charge in [-0.05, 0) is 42.4 Å². The lowest BCUT2D eigenvalue weighted by molar-refractivity contribution is -0.123. The molecule has 1 aromatic carbocycles. The molecule has 2 rings (SSSR count). The lowest BCUT2D eigenvalue weighted by Crippen LogP contribution is -2.28. The summed E-state index contributed by atoms with van der Waals surface area (Å²) in [4.78, 5) is 10.8. The summed E-state index contributed by atoms with van der Waals surface area (Å²) in [5.74, 6) is -0.304. The highest BCUT2D eigenvalue weighted by molar-refractivity contribution is 5.76. The number of aryl methyl sites for hydroxylation is 2. The Hall–Kier alpha value is -1.35. The molecule has 0 spiro atoms. The SMILES string of the molecule is O=C(CO)NCCc1ccc2c(c1)CCC2. The molecule has 0 heterocycles. The van der Waals surface area contributed by atoms with Gasteiger partial charge in [0.2, 0.25) is 5.91 Å². The molecular weight excluding hydrogens is 202 g/mol. The molecule has 3 heteroatoms. The third-order valence-corrected chi connectivity index (χ3v) is 3.04. The minimum absolute atomic E-state index is 0.304. The van der Waals surface area contributed by atoms with Crippen LogP contribution >= 0.6 is 0 Å². The molecule has 2 N–H and O–H groups in total. The van der Waals surface area contributed by atoms with Gasteiger partial charge < -0.3 is 10.4 Å². The highest BCUT2D eigenvalue weighted by Crippen LogP contribution is 2.22. The molecule has 0 saturated carbocycles. The number of hydrogen-bond donors (Lipinski definition) is 2. The van der Waals surface area contributed by atoms with E-state index < -0.39 is 6.61 Å². The van der Waals surface area contributed by atoms with Crippen molar-refractivity contribution < 1.29 is 9.90 Å². The fraction of sp³-hybridized carbons (Fsp3) is 0.462. The molecule has 0 aromatic heterocycles. The van der Waals surface area contributed by atoms with Crippen molar-refractivity contribution in [1.29, 1.82) is 0 Å². The van der Waals surface area contributed by atoms with Crippen LogP contribution in [0.25, 0.3) is 0 Å². The molecule has 0 bridgehead atoms. The largest absolute Gasteiger partial charge is 0.387 e. The summed E-state index contributed by atoms with van der Waals surface area (Å²) in [6, 6.07) is 6.58. The van der Waals surface area contributed by atoms with Gasteiger partial charge in [0.1, 0.15) is 6.61 Å². The van der Waals surface area contributed by atoms with Crippen molar-refractivity contribution in [2.75, 3.05) is 13.2 Å². The van der Waals surface area contributed by atoms with Crippen LogP contribution in [-0.4, -0.2) is 24.2 Å². The van der Waals surface area contributed by atoms with Gasteiger partial charge in [0, 0.05) is 6.54 Å². The van der Waals surface area contributed by atoms with E-state index in [-0.39, 0.29) is 5.91 Å². The van der Waals surface area contributed by atoms with Gasteiger partial charge in [-0.25, -0.2) is 0 Å². The number of nitrogens with one attached hydrogen (secondary N) is 1. The van der Waals surface area contributed by atoms with Crippen molar-refractivity contribution in [2.24, 2.45) is 0 Å². The summed E-state index contributed by atoms with van der Waals surface area (Å²) >= 11 is 0. The number of rotatable bonds is 4. The Morgan fingerprint density at radius 1 is 1.31 bits per heavy atom. The Kier molecular flexibility index (Phi) is 3.57. The van der Waals surface area contributed by atoms with E-state index in [1.165, 1.54) is 36.0 Å². The predicted octanol–water partition coefficient (Wildman–Crippen LogP) is 0.826. The van der Waals surface area contributed by atoms with Gasteiger partial charge in [0.15, 0.2) is 0 Å². The summed E-state index contributed by atoms with van der Waals surface area (Å²) < 4.78 is 0. The van der Waals surface area contributed by atoms with Crippen molar-refractivity contribution in [2.45, 2.75) is 25.7 Å². The van der Waals surface area contributed by atoms with Gasteiger partial charge in [-0.3, -0.25) is 4.79 Å². The summed E-state index contributed by atoms with van der Waals surface area (Å²) in [5, 5.41) is 11.2. The van der Waals surface area contributed by atoms with E-state index in [9.17, 15) is 4.79 Å². The molecule has 0 aliphatic heterocycles. The fourth-order valence-electron chi connectivity index (χ4n) is 2.18. The van der Waals surface area contributed by atoms with Crippen LogP contribution < -0.4 is 5.32 Å². The number of carbonyl (C=O) groups is 1. The average Bonchev–Trinajstić information content (AvgIpc) is 2.76. The van der Waals surface area contributed by atoms with Gasteiger partial charge in [0.05, 0.1) is 0 Å². The first kappa shape index (κ1) is 11.1. The highest BCUT2D eigenvalue weighted by Gasteiger charge is 2.10. The van der Waals surface area contributed by atoms with Crippen LogP contribution in [-0.2, 0) is 24.1 Å². The standard InChI is InChI=1S/C13H17NO2/c15-9-13(16)14-7-6-10-4-5-11-2-1-3-12(11)8-10/h4-5,8,15H,1-3,6-7,9H2,(H,14,16). The highest BCUT2D eigenvalue weighted by atomic mass is 16.3. The Morgan fingerprint density at radius 3 is 2.94 bits per heavy atom. The zero-order valence-electron chi connectivity index (χ0n) is 9.33. The molecular formula is C13H17NO2. The third kappa shape index (κ3) is 2.61. The van der Waals surface area contributed by atoms with E-state index in [4.69, 9.17) is 5.11 Å². The quantitative estimate of drug-likeness (QED) is 0.788. The van der Waals surface area contributed by atoms with Crippen molar-refractivity contribution >= 4 is 5.91 Å². The van der Waals surface area contributed by atoms with E-state index in [2.05, 4.69) is 23.5 Å². The van der Waals surface area contributed by atoms with Gasteiger partial charge >= 0.3 is 0 Å². The first-order valence-electron chi connectivity index (χ1n) is 5.78. The summed E-state index contributed by atoms with van der Waals surface area (Å²) in [6.07, 6.45) is 4.49. The summed E-state index contributed by atoms with van der Waals surface area (Å²) in [6.45, 7) is 0.169. The van der Waals surface area contributed by atoms with E-state index in [0.717, 1.165) is 6.42 Å². The van der Waals surface area contributed by atoms with E-state index >= 15 is 0 Å². The zero-order chi connectivity index (χ0) is 11.4. The summed E-state index contributed by atoms with van der Waals surface area (Å²) in [7, 11) is 0. The second kappa shape index (κ2) is 5.12. The number of amides is 1. The Balaban J connectivity index is 1.88. The smallest absolute Gasteiger partial charge is 0.245 e. The molecule has 0 unspecified atom stereocenters. The van der Waals surface area contributed by atoms with E-state index in [1.54, 1.807) is 0 Å². The van der Waals surface area contributed by atoms with E-state index in [0.29, 0.717) is 6.54 Å². The van der Waals surface area contributed by atoms with Crippen molar-refractivity contribution in [3.63, 3.8) is 0 Å². The normalized spacial score (nSPS) is 13.6. The first-order valence-corrected chi connectivity index (χ1v) is 5.78. The van der Waals surface area contributed by atoms with Gasteiger partial charge in [0.25, 0.3) is 0 Å². The maximum atomic E-state index is 10.8. The molecule has 0 atom stereocenters. The molecule has 86 valence electrons. The molecule has 1 aromatic rings. The molecule has 0 fully saturated rings.